The summed E-state index contributed by atoms with van der Waals surface area (Å²) < 4.78 is 5.75. The van der Waals surface area contributed by atoms with E-state index in [0.717, 1.165) is 16.9 Å². The maximum absolute atomic E-state index is 12.1. The summed E-state index contributed by atoms with van der Waals surface area (Å²) in [4.78, 5) is 14.2. The molecule has 1 aliphatic heterocycles. The van der Waals surface area contributed by atoms with Gasteiger partial charge in [-0.2, -0.15) is 0 Å². The van der Waals surface area contributed by atoms with Gasteiger partial charge in [0.15, 0.2) is 0 Å². The first-order valence-electron chi connectivity index (χ1n) is 9.03. The number of hydrogen-bond donors (Lipinski definition) is 2. The Labute approximate surface area is 154 Å². The molecule has 0 saturated carbocycles. The third kappa shape index (κ3) is 3.89. The molecule has 0 aromatic heterocycles. The number of carbonyl (C=O) groups excluding carboxylic acids is 1. The number of ether oxygens (including phenoxy) is 1. The van der Waals surface area contributed by atoms with Gasteiger partial charge >= 0.3 is 0 Å². The van der Waals surface area contributed by atoms with E-state index in [9.17, 15) is 9.90 Å². The molecule has 5 nitrogen and oxygen atoms in total. The Bertz CT molecular complexity index is 789. The molecule has 0 spiro atoms. The monoisotopic (exact) mass is 354 g/mol. The lowest BCUT2D eigenvalue weighted by atomic mass is 9.93. The summed E-state index contributed by atoms with van der Waals surface area (Å²) in [6.07, 6.45) is 0.0596. The van der Waals surface area contributed by atoms with Gasteiger partial charge in [0.2, 0.25) is 5.91 Å². The molecule has 3 rings (SSSR count). The van der Waals surface area contributed by atoms with Crippen LogP contribution < -0.4 is 10.5 Å². The molecule has 1 aliphatic rings. The van der Waals surface area contributed by atoms with Crippen molar-refractivity contribution in [2.75, 3.05) is 6.61 Å². The normalized spacial score (nSPS) is 18.2. The molecule has 0 unspecified atom stereocenters. The maximum atomic E-state index is 12.1. The number of hydrogen-bond acceptors (Lipinski definition) is 4. The van der Waals surface area contributed by atoms with Crippen LogP contribution in [0.1, 0.15) is 42.2 Å². The second-order valence-corrected chi connectivity index (χ2v) is 6.77. The minimum Gasteiger partial charge on any atom is -0.494 e. The highest BCUT2D eigenvalue weighted by molar-refractivity contribution is 5.80. The molecule has 1 heterocycles. The lowest BCUT2D eigenvalue weighted by Crippen LogP contribution is -2.48. The molecule has 2 aromatic carbocycles. The molecule has 26 heavy (non-hydrogen) atoms. The van der Waals surface area contributed by atoms with Crippen LogP contribution in [0.3, 0.4) is 0 Å². The molecule has 3 N–H and O–H groups in total. The van der Waals surface area contributed by atoms with Gasteiger partial charge in [-0.1, -0.05) is 30.3 Å². The number of carbonyl (C=O) groups is 1. The van der Waals surface area contributed by atoms with Crippen molar-refractivity contribution in [1.29, 1.82) is 0 Å². The number of aliphatic hydroxyl groups is 1. The van der Waals surface area contributed by atoms with Crippen molar-refractivity contribution in [3.63, 3.8) is 0 Å². The first-order chi connectivity index (χ1) is 12.5. The number of amides is 1. The van der Waals surface area contributed by atoms with Gasteiger partial charge in [0, 0.05) is 18.7 Å². The summed E-state index contributed by atoms with van der Waals surface area (Å²) in [5.74, 6) is 0.461. The zero-order chi connectivity index (χ0) is 18.7. The summed E-state index contributed by atoms with van der Waals surface area (Å²) in [6, 6.07) is 13.5. The number of fused-ring (bicyclic) bond motifs is 1. The molecule has 0 fully saturated rings. The topological polar surface area (TPSA) is 75.8 Å². The first-order valence-corrected chi connectivity index (χ1v) is 9.03. The van der Waals surface area contributed by atoms with Crippen molar-refractivity contribution in [3.05, 3.63) is 64.7 Å². The van der Waals surface area contributed by atoms with Gasteiger partial charge in [-0.15, -0.1) is 0 Å². The number of primary amides is 1. The maximum Gasteiger partial charge on any atom is 0.235 e. The Kier molecular flexibility index (Phi) is 5.59. The van der Waals surface area contributed by atoms with Crippen LogP contribution in [0.2, 0.25) is 0 Å². The number of benzene rings is 2. The highest BCUT2D eigenvalue weighted by Crippen LogP contribution is 2.29. The standard InChI is InChI=1S/C21H26N2O3/c1-3-26-20-9-8-15(14(2)24)10-18(20)13-23-12-17-7-5-4-6-16(17)11-19(23)21(22)25/h4-10,14,19,24H,3,11-13H2,1-2H3,(H2,22,25)/t14-,19+/m0/s1. The largest absolute Gasteiger partial charge is 0.494 e. The molecule has 0 bridgehead atoms. The summed E-state index contributed by atoms with van der Waals surface area (Å²) in [7, 11) is 0. The Balaban J connectivity index is 1.93. The van der Waals surface area contributed by atoms with Crippen LogP contribution in [0.4, 0.5) is 0 Å². The minimum atomic E-state index is -0.557. The van der Waals surface area contributed by atoms with Crippen LogP contribution >= 0.6 is 0 Å². The third-order valence-electron chi connectivity index (χ3n) is 4.91. The molecule has 5 heteroatoms. The lowest BCUT2D eigenvalue weighted by molar-refractivity contribution is -0.124. The van der Waals surface area contributed by atoms with Crippen molar-refractivity contribution in [2.24, 2.45) is 5.73 Å². The second kappa shape index (κ2) is 7.89. The van der Waals surface area contributed by atoms with Gasteiger partial charge in [-0.3, -0.25) is 9.69 Å². The van der Waals surface area contributed by atoms with Crippen LogP contribution in [0.15, 0.2) is 42.5 Å². The van der Waals surface area contributed by atoms with E-state index in [4.69, 9.17) is 10.5 Å². The molecular weight excluding hydrogens is 328 g/mol. The molecule has 138 valence electrons. The van der Waals surface area contributed by atoms with Gasteiger partial charge < -0.3 is 15.6 Å². The first kappa shape index (κ1) is 18.4. The van der Waals surface area contributed by atoms with Crippen LogP contribution in [0.25, 0.3) is 0 Å². The number of nitrogens with zero attached hydrogens (tertiary/aromatic N) is 1. The van der Waals surface area contributed by atoms with Crippen molar-refractivity contribution >= 4 is 5.91 Å². The van der Waals surface area contributed by atoms with E-state index < -0.39 is 6.10 Å². The molecule has 2 aromatic rings. The van der Waals surface area contributed by atoms with E-state index in [1.807, 2.05) is 37.3 Å². The fraction of sp³-hybridized carbons (Fsp3) is 0.381. The average molecular weight is 354 g/mol. The predicted molar refractivity (Wildman–Crippen MR) is 101 cm³/mol. The van der Waals surface area contributed by atoms with E-state index in [0.29, 0.717) is 26.1 Å². The van der Waals surface area contributed by atoms with Crippen LogP contribution in [-0.2, 0) is 24.3 Å². The Morgan fingerprint density at radius 3 is 2.69 bits per heavy atom. The summed E-state index contributed by atoms with van der Waals surface area (Å²) in [6.45, 7) is 5.44. The van der Waals surface area contributed by atoms with E-state index in [1.165, 1.54) is 11.1 Å². The molecule has 2 atom stereocenters. The number of nitrogens with two attached hydrogens (primary N) is 1. The van der Waals surface area contributed by atoms with Gasteiger partial charge in [0.05, 0.1) is 18.8 Å². The highest BCUT2D eigenvalue weighted by Gasteiger charge is 2.30. The summed E-state index contributed by atoms with van der Waals surface area (Å²) in [5, 5.41) is 9.92. The zero-order valence-electron chi connectivity index (χ0n) is 15.3. The van der Waals surface area contributed by atoms with Crippen molar-refractivity contribution in [3.8, 4) is 5.75 Å². The number of aliphatic hydroxyl groups excluding tert-OH is 1. The van der Waals surface area contributed by atoms with E-state index >= 15 is 0 Å². The Morgan fingerprint density at radius 1 is 1.31 bits per heavy atom. The van der Waals surface area contributed by atoms with Crippen molar-refractivity contribution in [2.45, 2.75) is 45.5 Å². The highest BCUT2D eigenvalue weighted by atomic mass is 16.5. The van der Waals surface area contributed by atoms with Crippen molar-refractivity contribution in [1.82, 2.24) is 4.90 Å². The second-order valence-electron chi connectivity index (χ2n) is 6.77. The smallest absolute Gasteiger partial charge is 0.235 e. The fourth-order valence-corrected chi connectivity index (χ4v) is 3.52. The average Bonchev–Trinajstić information content (AvgIpc) is 2.62. The summed E-state index contributed by atoms with van der Waals surface area (Å²) in [5.41, 5.74) is 9.87. The fourth-order valence-electron chi connectivity index (χ4n) is 3.52. The molecule has 0 saturated heterocycles. The Hall–Kier alpha value is -2.37. The Morgan fingerprint density at radius 2 is 2.04 bits per heavy atom. The minimum absolute atomic E-state index is 0.316. The number of rotatable bonds is 6. The van der Waals surface area contributed by atoms with E-state index in [-0.39, 0.29) is 11.9 Å². The van der Waals surface area contributed by atoms with E-state index in [1.54, 1.807) is 6.92 Å². The van der Waals surface area contributed by atoms with Gasteiger partial charge in [-0.25, -0.2) is 0 Å². The van der Waals surface area contributed by atoms with E-state index in [2.05, 4.69) is 17.0 Å². The molecular formula is C21H26N2O3. The lowest BCUT2D eigenvalue weighted by Gasteiger charge is -2.35. The third-order valence-corrected chi connectivity index (χ3v) is 4.91. The van der Waals surface area contributed by atoms with Crippen LogP contribution in [0, 0.1) is 0 Å². The zero-order valence-corrected chi connectivity index (χ0v) is 15.3. The quantitative estimate of drug-likeness (QED) is 0.836. The summed E-state index contributed by atoms with van der Waals surface area (Å²) >= 11 is 0. The molecule has 0 radical (unpaired) electrons. The molecule has 1 amide bonds. The van der Waals surface area contributed by atoms with Gasteiger partial charge in [-0.05, 0) is 49.1 Å². The van der Waals surface area contributed by atoms with Crippen molar-refractivity contribution < 1.29 is 14.6 Å². The molecule has 0 aliphatic carbocycles. The van der Waals surface area contributed by atoms with Gasteiger partial charge in [0.25, 0.3) is 0 Å². The predicted octanol–water partition coefficient (Wildman–Crippen LogP) is 2.55. The SMILES string of the molecule is CCOc1ccc([C@H](C)O)cc1CN1Cc2ccccc2C[C@@H]1C(N)=O. The van der Waals surface area contributed by atoms with Crippen LogP contribution in [-0.4, -0.2) is 28.6 Å². The van der Waals surface area contributed by atoms with Crippen LogP contribution in [0.5, 0.6) is 5.75 Å². The van der Waals surface area contributed by atoms with Gasteiger partial charge in [0.1, 0.15) is 5.75 Å².